The number of aliphatic hydroxyl groups excluding tert-OH is 1. The standard InChI is InChI=1S/C10H9N5O/c16-6-15-2-1-8-9(7-3-13-14-4-7)11-5-12-10(8)15/h1-5,16H,6H2,(H,13,14). The van der Waals surface area contributed by atoms with E-state index in [0.717, 1.165) is 16.6 Å². The van der Waals surface area contributed by atoms with Gasteiger partial charge < -0.3 is 9.67 Å². The number of aromatic nitrogens is 5. The van der Waals surface area contributed by atoms with Crippen LogP contribution in [0.4, 0.5) is 0 Å². The molecule has 80 valence electrons. The summed E-state index contributed by atoms with van der Waals surface area (Å²) >= 11 is 0. The molecule has 0 aliphatic rings. The minimum absolute atomic E-state index is 0.0919. The molecule has 3 heterocycles. The SMILES string of the molecule is OCn1ccc2c(-c3cn[nH]c3)ncnc21. The smallest absolute Gasteiger partial charge is 0.145 e. The third-order valence-electron chi connectivity index (χ3n) is 2.48. The van der Waals surface area contributed by atoms with Crippen LogP contribution in [0.2, 0.25) is 0 Å². The fourth-order valence-electron chi connectivity index (χ4n) is 1.73. The van der Waals surface area contributed by atoms with Crippen molar-refractivity contribution in [2.24, 2.45) is 0 Å². The van der Waals surface area contributed by atoms with Crippen LogP contribution in [0.25, 0.3) is 22.3 Å². The predicted octanol–water partition coefficient (Wildman–Crippen LogP) is 0.771. The van der Waals surface area contributed by atoms with Gasteiger partial charge >= 0.3 is 0 Å². The van der Waals surface area contributed by atoms with E-state index < -0.39 is 0 Å². The molecule has 0 aromatic carbocycles. The average molecular weight is 215 g/mol. The Labute approximate surface area is 90.6 Å². The van der Waals surface area contributed by atoms with E-state index in [1.54, 1.807) is 23.2 Å². The Morgan fingerprint density at radius 2 is 2.31 bits per heavy atom. The van der Waals surface area contributed by atoms with Crippen molar-refractivity contribution >= 4 is 11.0 Å². The lowest BCUT2D eigenvalue weighted by Crippen LogP contribution is -1.96. The Morgan fingerprint density at radius 3 is 3.06 bits per heavy atom. The summed E-state index contributed by atoms with van der Waals surface area (Å²) in [6, 6.07) is 1.88. The molecule has 3 aromatic heterocycles. The number of aliphatic hydroxyl groups is 1. The minimum atomic E-state index is -0.0919. The zero-order chi connectivity index (χ0) is 11.0. The van der Waals surface area contributed by atoms with Gasteiger partial charge in [0.05, 0.1) is 11.9 Å². The van der Waals surface area contributed by atoms with Gasteiger partial charge in [0.15, 0.2) is 0 Å². The third-order valence-corrected chi connectivity index (χ3v) is 2.48. The van der Waals surface area contributed by atoms with Crippen LogP contribution in [0.5, 0.6) is 0 Å². The summed E-state index contributed by atoms with van der Waals surface area (Å²) in [7, 11) is 0. The normalized spacial score (nSPS) is 11.1. The molecular weight excluding hydrogens is 206 g/mol. The average Bonchev–Trinajstić information content (AvgIpc) is 2.97. The summed E-state index contributed by atoms with van der Waals surface area (Å²) in [5.74, 6) is 0. The van der Waals surface area contributed by atoms with Gasteiger partial charge in [0.25, 0.3) is 0 Å². The highest BCUT2D eigenvalue weighted by atomic mass is 16.3. The number of aromatic amines is 1. The summed E-state index contributed by atoms with van der Waals surface area (Å²) in [5.41, 5.74) is 2.43. The molecule has 6 heteroatoms. The van der Waals surface area contributed by atoms with Crippen molar-refractivity contribution in [3.63, 3.8) is 0 Å². The minimum Gasteiger partial charge on any atom is -0.376 e. The molecule has 3 aromatic rings. The zero-order valence-corrected chi connectivity index (χ0v) is 8.33. The first-order chi connectivity index (χ1) is 7.90. The quantitative estimate of drug-likeness (QED) is 0.661. The van der Waals surface area contributed by atoms with E-state index in [1.165, 1.54) is 6.33 Å². The van der Waals surface area contributed by atoms with Gasteiger partial charge in [0.1, 0.15) is 18.7 Å². The van der Waals surface area contributed by atoms with Crippen LogP contribution in [0.1, 0.15) is 0 Å². The Bertz CT molecular complexity index is 613. The van der Waals surface area contributed by atoms with Gasteiger partial charge in [0.2, 0.25) is 0 Å². The van der Waals surface area contributed by atoms with E-state index >= 15 is 0 Å². The van der Waals surface area contributed by atoms with Crippen molar-refractivity contribution in [1.82, 2.24) is 24.7 Å². The van der Waals surface area contributed by atoms with Crippen LogP contribution in [0, 0.1) is 0 Å². The molecule has 0 radical (unpaired) electrons. The molecule has 3 rings (SSSR count). The first-order valence-electron chi connectivity index (χ1n) is 4.80. The van der Waals surface area contributed by atoms with Crippen molar-refractivity contribution in [2.75, 3.05) is 0 Å². The molecule has 0 aliphatic heterocycles. The van der Waals surface area contributed by atoms with Gasteiger partial charge in [0, 0.05) is 23.3 Å². The molecule has 0 bridgehead atoms. The van der Waals surface area contributed by atoms with E-state index in [-0.39, 0.29) is 6.73 Å². The lowest BCUT2D eigenvalue weighted by molar-refractivity contribution is 0.215. The van der Waals surface area contributed by atoms with Gasteiger partial charge in [-0.2, -0.15) is 5.10 Å². The number of hydrogen-bond acceptors (Lipinski definition) is 4. The maximum atomic E-state index is 9.13. The van der Waals surface area contributed by atoms with E-state index in [1.807, 2.05) is 6.07 Å². The van der Waals surface area contributed by atoms with E-state index in [0.29, 0.717) is 5.65 Å². The van der Waals surface area contributed by atoms with E-state index in [4.69, 9.17) is 5.11 Å². The van der Waals surface area contributed by atoms with Gasteiger partial charge in [-0.25, -0.2) is 9.97 Å². The van der Waals surface area contributed by atoms with Gasteiger partial charge in [-0.1, -0.05) is 0 Å². The van der Waals surface area contributed by atoms with Crippen LogP contribution in [-0.2, 0) is 6.73 Å². The van der Waals surface area contributed by atoms with E-state index in [2.05, 4.69) is 20.2 Å². The molecule has 2 N–H and O–H groups in total. The summed E-state index contributed by atoms with van der Waals surface area (Å²) < 4.78 is 1.65. The highest BCUT2D eigenvalue weighted by molar-refractivity contribution is 5.90. The summed E-state index contributed by atoms with van der Waals surface area (Å²) in [6.07, 6.45) is 6.75. The Kier molecular flexibility index (Phi) is 1.94. The van der Waals surface area contributed by atoms with Crippen LogP contribution < -0.4 is 0 Å². The second kappa shape index (κ2) is 3.42. The highest BCUT2D eigenvalue weighted by Gasteiger charge is 2.09. The second-order valence-corrected chi connectivity index (χ2v) is 3.37. The van der Waals surface area contributed by atoms with Crippen LogP contribution in [0.15, 0.2) is 31.0 Å². The lowest BCUT2D eigenvalue weighted by atomic mass is 10.2. The van der Waals surface area contributed by atoms with Crippen molar-refractivity contribution in [2.45, 2.75) is 6.73 Å². The zero-order valence-electron chi connectivity index (χ0n) is 8.33. The molecule has 0 aliphatic carbocycles. The number of nitrogens with zero attached hydrogens (tertiary/aromatic N) is 4. The monoisotopic (exact) mass is 215 g/mol. The highest BCUT2D eigenvalue weighted by Crippen LogP contribution is 2.24. The van der Waals surface area contributed by atoms with Gasteiger partial charge in [-0.3, -0.25) is 5.10 Å². The van der Waals surface area contributed by atoms with Crippen LogP contribution in [0.3, 0.4) is 0 Å². The van der Waals surface area contributed by atoms with Crippen LogP contribution in [-0.4, -0.2) is 29.8 Å². The fraction of sp³-hybridized carbons (Fsp3) is 0.100. The molecule has 0 fully saturated rings. The number of fused-ring (bicyclic) bond motifs is 1. The molecule has 16 heavy (non-hydrogen) atoms. The molecular formula is C10H9N5O. The molecule has 0 spiro atoms. The Morgan fingerprint density at radius 1 is 1.38 bits per heavy atom. The summed E-state index contributed by atoms with van der Waals surface area (Å²) in [4.78, 5) is 8.37. The molecule has 0 amide bonds. The topological polar surface area (TPSA) is 79.6 Å². The largest absolute Gasteiger partial charge is 0.376 e. The molecule has 6 nitrogen and oxygen atoms in total. The van der Waals surface area contributed by atoms with Crippen molar-refractivity contribution in [1.29, 1.82) is 0 Å². The maximum Gasteiger partial charge on any atom is 0.145 e. The van der Waals surface area contributed by atoms with Crippen molar-refractivity contribution in [3.05, 3.63) is 31.0 Å². The summed E-state index contributed by atoms with van der Waals surface area (Å²) in [6.45, 7) is -0.0919. The first-order valence-corrected chi connectivity index (χ1v) is 4.80. The maximum absolute atomic E-state index is 9.13. The van der Waals surface area contributed by atoms with E-state index in [9.17, 15) is 0 Å². The van der Waals surface area contributed by atoms with Gasteiger partial charge in [-0.05, 0) is 6.07 Å². The van der Waals surface area contributed by atoms with Gasteiger partial charge in [-0.15, -0.1) is 0 Å². The third kappa shape index (κ3) is 1.20. The Balaban J connectivity index is 2.30. The summed E-state index contributed by atoms with van der Waals surface area (Å²) in [5, 5.41) is 16.7. The first kappa shape index (κ1) is 9.05. The Hall–Kier alpha value is -2.21. The lowest BCUT2D eigenvalue weighted by Gasteiger charge is -2.00. The molecule has 0 saturated heterocycles. The molecule has 0 atom stereocenters. The number of nitrogens with one attached hydrogen (secondary N) is 1. The molecule has 0 unspecified atom stereocenters. The molecule has 0 saturated carbocycles. The second-order valence-electron chi connectivity index (χ2n) is 3.37. The number of hydrogen-bond donors (Lipinski definition) is 2. The van der Waals surface area contributed by atoms with Crippen molar-refractivity contribution < 1.29 is 5.11 Å². The predicted molar refractivity (Wildman–Crippen MR) is 57.3 cm³/mol. The number of H-pyrrole nitrogens is 1. The van der Waals surface area contributed by atoms with Crippen LogP contribution >= 0.6 is 0 Å². The fourth-order valence-corrected chi connectivity index (χ4v) is 1.73. The number of rotatable bonds is 2. The van der Waals surface area contributed by atoms with Crippen molar-refractivity contribution in [3.8, 4) is 11.3 Å².